The summed E-state index contributed by atoms with van der Waals surface area (Å²) >= 11 is 0. The monoisotopic (exact) mass is 636 g/mol. The molecule has 0 bridgehead atoms. The SMILES string of the molecule is Cn1c(-c2ccccc2)nc2cc(-c3ccc4c(-c5cccc6ccccc56)c5ccccc5c(-c5cccc6ccccc56)c4c3)ccc21. The van der Waals surface area contributed by atoms with Gasteiger partial charge in [-0.3, -0.25) is 0 Å². The quantitative estimate of drug-likeness (QED) is 0.176. The molecule has 50 heavy (non-hydrogen) atoms. The summed E-state index contributed by atoms with van der Waals surface area (Å²) in [4.78, 5) is 5.12. The molecular formula is C48H32N2. The topological polar surface area (TPSA) is 17.8 Å². The number of benzene rings is 9. The van der Waals surface area contributed by atoms with Gasteiger partial charge in [-0.15, -0.1) is 0 Å². The van der Waals surface area contributed by atoms with Crippen molar-refractivity contribution in [2.75, 3.05) is 0 Å². The van der Waals surface area contributed by atoms with Gasteiger partial charge in [0, 0.05) is 12.6 Å². The van der Waals surface area contributed by atoms with E-state index in [-0.39, 0.29) is 0 Å². The Labute approximate surface area is 290 Å². The number of fused-ring (bicyclic) bond motifs is 5. The maximum absolute atomic E-state index is 5.12. The van der Waals surface area contributed by atoms with E-state index in [4.69, 9.17) is 4.98 Å². The Morgan fingerprint density at radius 1 is 0.380 bits per heavy atom. The molecule has 9 aromatic carbocycles. The Hall–Kier alpha value is -6.51. The molecule has 0 spiro atoms. The summed E-state index contributed by atoms with van der Waals surface area (Å²) in [6.45, 7) is 0. The Bertz CT molecular complexity index is 2920. The summed E-state index contributed by atoms with van der Waals surface area (Å²) < 4.78 is 2.19. The van der Waals surface area contributed by atoms with E-state index in [0.29, 0.717) is 0 Å². The van der Waals surface area contributed by atoms with Gasteiger partial charge < -0.3 is 4.57 Å². The second-order valence-electron chi connectivity index (χ2n) is 13.2. The van der Waals surface area contributed by atoms with Crippen LogP contribution in [-0.2, 0) is 7.05 Å². The number of hydrogen-bond donors (Lipinski definition) is 0. The van der Waals surface area contributed by atoms with E-state index in [1.54, 1.807) is 0 Å². The first-order chi connectivity index (χ1) is 24.7. The van der Waals surface area contributed by atoms with Crippen molar-refractivity contribution in [2.24, 2.45) is 7.05 Å². The Balaban J connectivity index is 1.29. The number of hydrogen-bond acceptors (Lipinski definition) is 1. The highest BCUT2D eigenvalue weighted by atomic mass is 15.1. The molecule has 1 aromatic heterocycles. The first-order valence-electron chi connectivity index (χ1n) is 17.2. The van der Waals surface area contributed by atoms with Crippen LogP contribution in [0.4, 0.5) is 0 Å². The van der Waals surface area contributed by atoms with E-state index >= 15 is 0 Å². The van der Waals surface area contributed by atoms with Gasteiger partial charge in [0.05, 0.1) is 11.0 Å². The van der Waals surface area contributed by atoms with Crippen molar-refractivity contribution in [3.05, 3.63) is 176 Å². The maximum atomic E-state index is 5.12. The predicted molar refractivity (Wildman–Crippen MR) is 212 cm³/mol. The fraction of sp³-hybridized carbons (Fsp3) is 0.0208. The standard InChI is InChI=1S/C48H32N2/c1-50-45-28-26-35(30-44(45)49-48(50)33-15-3-2-4-16-33)34-25-27-42-43(29-34)47(39-24-12-18-32-14-6-8-20-37(32)39)41-22-10-9-21-40(41)46(42)38-23-11-17-31-13-5-7-19-36(31)38/h2-30H,1H3. The van der Waals surface area contributed by atoms with Gasteiger partial charge in [-0.25, -0.2) is 4.98 Å². The third kappa shape index (κ3) is 4.39. The lowest BCUT2D eigenvalue weighted by Crippen LogP contribution is -1.93. The Kier molecular flexibility index (Phi) is 6.43. The molecule has 0 saturated carbocycles. The molecule has 10 rings (SSSR count). The van der Waals surface area contributed by atoms with Gasteiger partial charge in [-0.2, -0.15) is 0 Å². The zero-order valence-electron chi connectivity index (χ0n) is 27.6. The Morgan fingerprint density at radius 2 is 0.880 bits per heavy atom. The van der Waals surface area contributed by atoms with E-state index < -0.39 is 0 Å². The zero-order valence-corrected chi connectivity index (χ0v) is 27.6. The van der Waals surface area contributed by atoms with Gasteiger partial charge in [-0.1, -0.05) is 158 Å². The molecule has 0 N–H and O–H groups in total. The average Bonchev–Trinajstić information content (AvgIpc) is 3.52. The molecule has 2 nitrogen and oxygen atoms in total. The third-order valence-electron chi connectivity index (χ3n) is 10.4. The maximum Gasteiger partial charge on any atom is 0.140 e. The molecule has 10 aromatic rings. The van der Waals surface area contributed by atoms with E-state index in [1.807, 2.05) is 6.07 Å². The molecule has 1 heterocycles. The van der Waals surface area contributed by atoms with Crippen molar-refractivity contribution in [3.8, 4) is 44.8 Å². The minimum Gasteiger partial charge on any atom is -0.327 e. The molecular weight excluding hydrogens is 605 g/mol. The predicted octanol–water partition coefficient (Wildman–Crippen LogP) is 12.9. The van der Waals surface area contributed by atoms with Gasteiger partial charge in [0.15, 0.2) is 0 Å². The third-order valence-corrected chi connectivity index (χ3v) is 10.4. The highest BCUT2D eigenvalue weighted by molar-refractivity contribution is 6.25. The van der Waals surface area contributed by atoms with Gasteiger partial charge in [0.25, 0.3) is 0 Å². The summed E-state index contributed by atoms with van der Waals surface area (Å²) in [5.41, 5.74) is 10.6. The van der Waals surface area contributed by atoms with E-state index in [9.17, 15) is 0 Å². The first kappa shape index (κ1) is 28.5. The molecule has 0 atom stereocenters. The first-order valence-corrected chi connectivity index (χ1v) is 17.2. The molecule has 2 heteroatoms. The average molecular weight is 637 g/mol. The molecule has 234 valence electrons. The molecule has 0 aliphatic rings. The van der Waals surface area contributed by atoms with Crippen molar-refractivity contribution in [1.29, 1.82) is 0 Å². The van der Waals surface area contributed by atoms with Crippen LogP contribution in [0.15, 0.2) is 176 Å². The smallest absolute Gasteiger partial charge is 0.140 e. The second-order valence-corrected chi connectivity index (χ2v) is 13.2. The lowest BCUT2D eigenvalue weighted by molar-refractivity contribution is 0.959. The fourth-order valence-corrected chi connectivity index (χ4v) is 8.05. The molecule has 0 aliphatic heterocycles. The lowest BCUT2D eigenvalue weighted by atomic mass is 9.83. The van der Waals surface area contributed by atoms with Gasteiger partial charge >= 0.3 is 0 Å². The van der Waals surface area contributed by atoms with Crippen LogP contribution in [0.25, 0.3) is 98.9 Å². The van der Waals surface area contributed by atoms with Crippen LogP contribution in [0.5, 0.6) is 0 Å². The van der Waals surface area contributed by atoms with Crippen LogP contribution in [-0.4, -0.2) is 9.55 Å². The van der Waals surface area contributed by atoms with Crippen LogP contribution in [0.2, 0.25) is 0 Å². The van der Waals surface area contributed by atoms with Crippen molar-refractivity contribution in [2.45, 2.75) is 0 Å². The van der Waals surface area contributed by atoms with Crippen LogP contribution in [0.3, 0.4) is 0 Å². The summed E-state index contributed by atoms with van der Waals surface area (Å²) in [6.07, 6.45) is 0. The number of imidazole rings is 1. The largest absolute Gasteiger partial charge is 0.327 e. The molecule has 0 amide bonds. The van der Waals surface area contributed by atoms with Gasteiger partial charge in [-0.05, 0) is 94.7 Å². The van der Waals surface area contributed by atoms with Crippen LogP contribution in [0, 0.1) is 0 Å². The molecule has 0 unspecified atom stereocenters. The molecule has 0 aliphatic carbocycles. The molecule has 0 saturated heterocycles. The fourth-order valence-electron chi connectivity index (χ4n) is 8.05. The molecule has 0 radical (unpaired) electrons. The van der Waals surface area contributed by atoms with Crippen molar-refractivity contribution in [1.82, 2.24) is 9.55 Å². The summed E-state index contributed by atoms with van der Waals surface area (Å²) in [5.74, 6) is 0.973. The second kappa shape index (κ2) is 11.3. The van der Waals surface area contributed by atoms with Crippen LogP contribution < -0.4 is 0 Å². The van der Waals surface area contributed by atoms with E-state index in [2.05, 4.69) is 181 Å². The van der Waals surface area contributed by atoms with E-state index in [0.717, 1.165) is 28.0 Å². The summed E-state index contributed by atoms with van der Waals surface area (Å²) in [5, 5.41) is 10.0. The highest BCUT2D eigenvalue weighted by Crippen LogP contribution is 2.47. The number of nitrogens with zero attached hydrogens (tertiary/aromatic N) is 2. The minimum atomic E-state index is 0.973. The Morgan fingerprint density at radius 3 is 1.54 bits per heavy atom. The lowest BCUT2D eigenvalue weighted by Gasteiger charge is -2.20. The van der Waals surface area contributed by atoms with Crippen molar-refractivity contribution >= 4 is 54.1 Å². The van der Waals surface area contributed by atoms with Gasteiger partial charge in [0.1, 0.15) is 5.82 Å². The normalized spacial score (nSPS) is 11.7. The van der Waals surface area contributed by atoms with Crippen LogP contribution >= 0.6 is 0 Å². The zero-order chi connectivity index (χ0) is 33.2. The van der Waals surface area contributed by atoms with Crippen molar-refractivity contribution in [3.63, 3.8) is 0 Å². The number of rotatable bonds is 4. The molecule has 0 fully saturated rings. The number of aryl methyl sites for hydroxylation is 1. The van der Waals surface area contributed by atoms with E-state index in [1.165, 1.54) is 70.9 Å². The van der Waals surface area contributed by atoms with Crippen LogP contribution in [0.1, 0.15) is 0 Å². The van der Waals surface area contributed by atoms with Gasteiger partial charge in [0.2, 0.25) is 0 Å². The summed E-state index contributed by atoms with van der Waals surface area (Å²) in [7, 11) is 2.10. The number of aromatic nitrogens is 2. The summed E-state index contributed by atoms with van der Waals surface area (Å²) in [6, 6.07) is 64.0. The minimum absolute atomic E-state index is 0.973. The highest BCUT2D eigenvalue weighted by Gasteiger charge is 2.20. The van der Waals surface area contributed by atoms with Crippen molar-refractivity contribution < 1.29 is 0 Å².